The lowest BCUT2D eigenvalue weighted by molar-refractivity contribution is -0.150. The summed E-state index contributed by atoms with van der Waals surface area (Å²) in [5.41, 5.74) is 6.62. The van der Waals surface area contributed by atoms with Crippen LogP contribution in [0.3, 0.4) is 0 Å². The zero-order chi connectivity index (χ0) is 29.8. The van der Waals surface area contributed by atoms with E-state index >= 15 is 0 Å². The molecule has 3 N–H and O–H groups in total. The average Bonchev–Trinajstić information content (AvgIpc) is 3.61. The summed E-state index contributed by atoms with van der Waals surface area (Å²) < 4.78 is 0. The molecule has 5 aliphatic rings. The summed E-state index contributed by atoms with van der Waals surface area (Å²) in [5, 5.41) is 11.6. The number of fused-ring (bicyclic) bond motifs is 2. The molecule has 0 aromatic heterocycles. The summed E-state index contributed by atoms with van der Waals surface area (Å²) >= 11 is 6.99. The Bertz CT molecular complexity index is 1340. The molecule has 7 atom stereocenters. The van der Waals surface area contributed by atoms with Gasteiger partial charge in [-0.25, -0.2) is 0 Å². The quantitative estimate of drug-likeness (QED) is 0.521. The van der Waals surface area contributed by atoms with Crippen LogP contribution in [0.15, 0.2) is 6.07 Å². The minimum absolute atomic E-state index is 0.118. The number of likely N-dealkylation sites (N-methyl/N-ethyl adjacent to an activating group) is 1. The molecule has 222 valence electrons. The smallest absolute Gasteiger partial charge is 0.228 e. The van der Waals surface area contributed by atoms with Gasteiger partial charge < -0.3 is 10.8 Å². The van der Waals surface area contributed by atoms with E-state index in [2.05, 4.69) is 25.7 Å². The standard InChI is InChI=1S/C32H42ClN3O5/c1-31(2,3)17-6-8-36(9-7-17)14-16-12-21(37)23-18(25(16)33)10-15-11-19-26(35(4)5)28(39)24(30(34)41)20-13-32(19,20)29(40)22(15)27(23)38/h12,15,17,19-20,22,24,26,37H,6-11,13-14H2,1-5H3,(H2,34,41). The first kappa shape index (κ1) is 28.8. The molecular weight excluding hydrogens is 542 g/mol. The van der Waals surface area contributed by atoms with Crippen LogP contribution >= 0.6 is 11.6 Å². The van der Waals surface area contributed by atoms with Gasteiger partial charge in [-0.15, -0.1) is 0 Å². The maximum absolute atomic E-state index is 14.2. The molecule has 1 spiro atoms. The van der Waals surface area contributed by atoms with Crippen LogP contribution in [-0.4, -0.2) is 71.4 Å². The van der Waals surface area contributed by atoms with E-state index in [0.717, 1.165) is 31.5 Å². The second-order valence-corrected chi connectivity index (χ2v) is 15.1. The van der Waals surface area contributed by atoms with E-state index in [1.807, 2.05) is 0 Å². The predicted octanol–water partition coefficient (Wildman–Crippen LogP) is 3.48. The van der Waals surface area contributed by atoms with Gasteiger partial charge in [-0.3, -0.25) is 29.0 Å². The number of hydrogen-bond acceptors (Lipinski definition) is 7. The number of nitrogens with zero attached hydrogens (tertiary/aromatic N) is 2. The number of primary amides is 1. The Morgan fingerprint density at radius 3 is 2.41 bits per heavy atom. The number of piperidine rings is 1. The number of benzene rings is 1. The van der Waals surface area contributed by atoms with Gasteiger partial charge in [-0.05, 0) is 106 Å². The fourth-order valence-corrected chi connectivity index (χ4v) is 9.51. The highest BCUT2D eigenvalue weighted by Crippen LogP contribution is 2.71. The monoisotopic (exact) mass is 583 g/mol. The van der Waals surface area contributed by atoms with Gasteiger partial charge in [0, 0.05) is 17.0 Å². The second kappa shape index (κ2) is 9.61. The predicted molar refractivity (Wildman–Crippen MR) is 154 cm³/mol. The molecule has 1 amide bonds. The molecule has 1 heterocycles. The summed E-state index contributed by atoms with van der Waals surface area (Å²) in [6, 6.07) is 0.993. The van der Waals surface area contributed by atoms with Crippen LogP contribution in [0.5, 0.6) is 5.75 Å². The number of phenolic OH excluding ortho intramolecular Hbond substituents is 1. The van der Waals surface area contributed by atoms with Gasteiger partial charge >= 0.3 is 0 Å². The summed E-state index contributed by atoms with van der Waals surface area (Å²) in [6.45, 7) is 9.36. The highest BCUT2D eigenvalue weighted by atomic mass is 35.5. The molecule has 4 fully saturated rings. The summed E-state index contributed by atoms with van der Waals surface area (Å²) in [5.74, 6) is -3.90. The molecule has 7 unspecified atom stereocenters. The largest absolute Gasteiger partial charge is 0.507 e. The van der Waals surface area contributed by atoms with E-state index in [4.69, 9.17) is 17.3 Å². The van der Waals surface area contributed by atoms with E-state index in [0.29, 0.717) is 42.3 Å². The van der Waals surface area contributed by atoms with E-state index in [-0.39, 0.29) is 45.9 Å². The Kier molecular flexibility index (Phi) is 6.76. The Morgan fingerprint density at radius 1 is 1.17 bits per heavy atom. The lowest BCUT2D eigenvalue weighted by Crippen LogP contribution is -2.61. The number of ketones is 3. The van der Waals surface area contributed by atoms with Crippen LogP contribution in [0.25, 0.3) is 0 Å². The SMILES string of the molecule is CN(C)C1C(=O)C(C(N)=O)C2CC23C(=O)C2C(=O)c4c(O)cc(CN5CCC(C(C)(C)C)CC5)c(Cl)c4CC2CC13. The number of nitrogens with two attached hydrogens (primary N) is 1. The van der Waals surface area contributed by atoms with Gasteiger partial charge in [-0.1, -0.05) is 32.4 Å². The van der Waals surface area contributed by atoms with Gasteiger partial charge in [0.25, 0.3) is 0 Å². The normalized spacial score (nSPS) is 35.5. The van der Waals surface area contributed by atoms with Crippen LogP contribution in [0, 0.1) is 46.3 Å². The van der Waals surface area contributed by atoms with Crippen molar-refractivity contribution in [3.63, 3.8) is 0 Å². The minimum Gasteiger partial charge on any atom is -0.507 e. The van der Waals surface area contributed by atoms with Crippen molar-refractivity contribution in [2.75, 3.05) is 27.2 Å². The van der Waals surface area contributed by atoms with Crippen molar-refractivity contribution in [2.24, 2.45) is 52.1 Å². The molecule has 3 saturated carbocycles. The van der Waals surface area contributed by atoms with Crippen molar-refractivity contribution in [2.45, 2.75) is 65.5 Å². The molecule has 1 aromatic rings. The molecule has 8 nitrogen and oxygen atoms in total. The van der Waals surface area contributed by atoms with Gasteiger partial charge in [0.2, 0.25) is 5.91 Å². The zero-order valence-corrected chi connectivity index (χ0v) is 25.5. The minimum atomic E-state index is -1.01. The average molecular weight is 584 g/mol. The first-order chi connectivity index (χ1) is 19.2. The second-order valence-electron chi connectivity index (χ2n) is 14.7. The first-order valence-corrected chi connectivity index (χ1v) is 15.4. The van der Waals surface area contributed by atoms with Crippen LogP contribution in [0.2, 0.25) is 5.02 Å². The van der Waals surface area contributed by atoms with Crippen molar-refractivity contribution in [1.82, 2.24) is 9.80 Å². The number of halogens is 1. The third kappa shape index (κ3) is 4.22. The van der Waals surface area contributed by atoms with Gasteiger partial charge in [0.15, 0.2) is 17.3 Å². The maximum Gasteiger partial charge on any atom is 0.228 e. The number of amides is 1. The fraction of sp³-hybridized carbons (Fsp3) is 0.688. The van der Waals surface area contributed by atoms with E-state index in [9.17, 15) is 24.3 Å². The molecule has 0 bridgehead atoms. The van der Waals surface area contributed by atoms with Crippen molar-refractivity contribution >= 4 is 34.9 Å². The van der Waals surface area contributed by atoms with Crippen LogP contribution in [-0.2, 0) is 27.3 Å². The summed E-state index contributed by atoms with van der Waals surface area (Å²) in [7, 11) is 3.58. The summed E-state index contributed by atoms with van der Waals surface area (Å²) in [6.07, 6.45) is 3.53. The Labute approximate surface area is 246 Å². The van der Waals surface area contributed by atoms with Gasteiger partial charge in [0.1, 0.15) is 11.7 Å². The highest BCUT2D eigenvalue weighted by Gasteiger charge is 2.77. The number of carbonyl (C=O) groups is 4. The van der Waals surface area contributed by atoms with Crippen LogP contribution in [0.4, 0.5) is 0 Å². The van der Waals surface area contributed by atoms with Crippen molar-refractivity contribution in [3.8, 4) is 5.75 Å². The first-order valence-electron chi connectivity index (χ1n) is 15.0. The Hall–Kier alpha value is -2.29. The summed E-state index contributed by atoms with van der Waals surface area (Å²) in [4.78, 5) is 58.1. The third-order valence-corrected chi connectivity index (χ3v) is 11.8. The van der Waals surface area contributed by atoms with E-state index in [1.54, 1.807) is 25.1 Å². The molecule has 1 aromatic carbocycles. The number of aromatic hydroxyl groups is 1. The van der Waals surface area contributed by atoms with E-state index in [1.165, 1.54) is 0 Å². The molecule has 4 aliphatic carbocycles. The molecular formula is C32H42ClN3O5. The highest BCUT2D eigenvalue weighted by molar-refractivity contribution is 6.33. The fourth-order valence-electron chi connectivity index (χ4n) is 9.22. The zero-order valence-electron chi connectivity index (χ0n) is 24.7. The van der Waals surface area contributed by atoms with Gasteiger partial charge in [-0.2, -0.15) is 0 Å². The van der Waals surface area contributed by atoms with Gasteiger partial charge in [0.05, 0.1) is 17.5 Å². The number of carbonyl (C=O) groups excluding carboxylic acids is 4. The molecule has 0 radical (unpaired) electrons. The number of rotatable bonds is 4. The molecule has 1 aliphatic heterocycles. The van der Waals surface area contributed by atoms with Crippen molar-refractivity contribution < 1.29 is 24.3 Å². The van der Waals surface area contributed by atoms with Crippen molar-refractivity contribution in [1.29, 1.82) is 0 Å². The van der Waals surface area contributed by atoms with Crippen molar-refractivity contribution in [3.05, 3.63) is 27.8 Å². The third-order valence-electron chi connectivity index (χ3n) is 11.4. The number of hydrogen-bond donors (Lipinski definition) is 2. The van der Waals surface area contributed by atoms with Crippen LogP contribution in [0.1, 0.15) is 67.9 Å². The lowest BCUT2D eigenvalue weighted by atomic mass is 9.54. The molecule has 6 rings (SSSR count). The topological polar surface area (TPSA) is 121 Å². The lowest BCUT2D eigenvalue weighted by Gasteiger charge is -2.50. The molecule has 1 saturated heterocycles. The van der Waals surface area contributed by atoms with Crippen LogP contribution < -0.4 is 5.73 Å². The Balaban J connectivity index is 1.31. The Morgan fingerprint density at radius 2 is 1.83 bits per heavy atom. The number of likely N-dealkylation sites (tertiary alicyclic amines) is 1. The molecule has 41 heavy (non-hydrogen) atoms. The number of phenols is 1. The molecule has 9 heteroatoms. The maximum atomic E-state index is 14.2. The number of Topliss-reactive ketones (excluding diaryl/α,β-unsaturated/α-hetero) is 3. The van der Waals surface area contributed by atoms with E-state index < -0.39 is 35.1 Å².